The molecule has 176 valence electrons. The van der Waals surface area contributed by atoms with Gasteiger partial charge in [0, 0.05) is 31.6 Å². The van der Waals surface area contributed by atoms with Gasteiger partial charge < -0.3 is 14.8 Å². The second kappa shape index (κ2) is 10.3. The fourth-order valence-corrected chi connectivity index (χ4v) is 5.24. The van der Waals surface area contributed by atoms with E-state index in [1.807, 2.05) is 24.3 Å². The van der Waals surface area contributed by atoms with Crippen molar-refractivity contribution in [1.29, 1.82) is 0 Å². The highest BCUT2D eigenvalue weighted by molar-refractivity contribution is 7.90. The number of carbonyl (C=O) groups is 1. The quantitative estimate of drug-likeness (QED) is 0.600. The number of carbonyl (C=O) groups excluding carboxylic acids is 1. The highest BCUT2D eigenvalue weighted by Gasteiger charge is 2.30. The molecule has 2 aliphatic rings. The zero-order valence-electron chi connectivity index (χ0n) is 18.5. The lowest BCUT2D eigenvalue weighted by molar-refractivity contribution is -0.121. The lowest BCUT2D eigenvalue weighted by Crippen LogP contribution is -2.43. The van der Waals surface area contributed by atoms with E-state index in [1.165, 1.54) is 6.07 Å². The van der Waals surface area contributed by atoms with Crippen molar-refractivity contribution in [3.63, 3.8) is 0 Å². The van der Waals surface area contributed by atoms with E-state index in [2.05, 4.69) is 19.9 Å². The van der Waals surface area contributed by atoms with Gasteiger partial charge in [0.2, 0.25) is 5.91 Å². The molecule has 2 N–H and O–H groups in total. The van der Waals surface area contributed by atoms with Crippen LogP contribution in [0, 0.1) is 0 Å². The topological polar surface area (TPSA) is 109 Å². The number of hydrogen-bond acceptors (Lipinski definition) is 7. The largest absolute Gasteiger partial charge is 0.497 e. The number of amidine groups is 1. The minimum Gasteiger partial charge on any atom is -0.497 e. The molecule has 1 atom stereocenters. The van der Waals surface area contributed by atoms with Crippen LogP contribution in [-0.2, 0) is 19.6 Å². The van der Waals surface area contributed by atoms with Crippen LogP contribution >= 0.6 is 0 Å². The van der Waals surface area contributed by atoms with Gasteiger partial charge >= 0.3 is 0 Å². The van der Waals surface area contributed by atoms with Crippen molar-refractivity contribution >= 4 is 21.8 Å². The van der Waals surface area contributed by atoms with E-state index in [9.17, 15) is 13.2 Å². The van der Waals surface area contributed by atoms with Crippen molar-refractivity contribution in [2.75, 3.05) is 46.5 Å². The van der Waals surface area contributed by atoms with Gasteiger partial charge in [0.25, 0.3) is 10.0 Å². The summed E-state index contributed by atoms with van der Waals surface area (Å²) in [6.45, 7) is 3.55. The molecule has 0 bridgehead atoms. The molecule has 33 heavy (non-hydrogen) atoms. The molecule has 0 saturated carbocycles. The van der Waals surface area contributed by atoms with Gasteiger partial charge in [-0.1, -0.05) is 24.3 Å². The number of nitrogens with zero attached hydrogens (tertiary/aromatic N) is 2. The molecule has 4 rings (SSSR count). The fraction of sp³-hybridized carbons (Fsp3) is 0.391. The van der Waals surface area contributed by atoms with Crippen molar-refractivity contribution in [3.05, 3.63) is 59.7 Å². The Bertz CT molecular complexity index is 1110. The normalized spacial score (nSPS) is 19.5. The Morgan fingerprint density at radius 2 is 1.91 bits per heavy atom. The van der Waals surface area contributed by atoms with Crippen molar-refractivity contribution in [3.8, 4) is 5.75 Å². The van der Waals surface area contributed by atoms with Crippen LogP contribution in [0.2, 0.25) is 0 Å². The van der Waals surface area contributed by atoms with E-state index in [0.29, 0.717) is 25.3 Å². The van der Waals surface area contributed by atoms with Crippen molar-refractivity contribution in [2.45, 2.75) is 17.4 Å². The molecule has 1 fully saturated rings. The van der Waals surface area contributed by atoms with Crippen LogP contribution < -0.4 is 14.8 Å². The average Bonchev–Trinajstić information content (AvgIpc) is 3.10. The van der Waals surface area contributed by atoms with Crippen molar-refractivity contribution in [1.82, 2.24) is 14.9 Å². The molecule has 0 radical (unpaired) electrons. The van der Waals surface area contributed by atoms with Gasteiger partial charge in [0.15, 0.2) is 0 Å². The van der Waals surface area contributed by atoms with E-state index >= 15 is 0 Å². The molecule has 0 unspecified atom stereocenters. The van der Waals surface area contributed by atoms with Gasteiger partial charge in [0.05, 0.1) is 37.8 Å². The van der Waals surface area contributed by atoms with E-state index in [1.54, 1.807) is 25.3 Å². The number of rotatable bonds is 8. The maximum atomic E-state index is 12.5. The minimum atomic E-state index is -3.58. The summed E-state index contributed by atoms with van der Waals surface area (Å²) in [4.78, 5) is 19.4. The van der Waals surface area contributed by atoms with E-state index in [0.717, 1.165) is 24.4 Å². The monoisotopic (exact) mass is 472 g/mol. The molecule has 10 heteroatoms. The molecular weight excluding hydrogens is 444 g/mol. The highest BCUT2D eigenvalue weighted by atomic mass is 32.2. The van der Waals surface area contributed by atoms with Gasteiger partial charge in [-0.2, -0.15) is 0 Å². The Labute approximate surface area is 193 Å². The number of ether oxygens (including phenoxy) is 2. The van der Waals surface area contributed by atoms with E-state index < -0.39 is 10.0 Å². The van der Waals surface area contributed by atoms with Gasteiger partial charge in [-0.25, -0.2) is 8.42 Å². The predicted molar refractivity (Wildman–Crippen MR) is 124 cm³/mol. The molecule has 9 nitrogen and oxygen atoms in total. The molecule has 2 aliphatic heterocycles. The third-order valence-corrected chi connectivity index (χ3v) is 7.15. The smallest absolute Gasteiger partial charge is 0.263 e. The highest BCUT2D eigenvalue weighted by Crippen LogP contribution is 2.24. The number of methoxy groups -OCH3 is 1. The van der Waals surface area contributed by atoms with Crippen LogP contribution in [-0.4, -0.2) is 71.6 Å². The van der Waals surface area contributed by atoms with Crippen molar-refractivity contribution in [2.24, 2.45) is 4.99 Å². The molecule has 1 saturated heterocycles. The number of aliphatic imine (C=N–C) groups is 1. The zero-order valence-corrected chi connectivity index (χ0v) is 19.3. The first-order valence-electron chi connectivity index (χ1n) is 10.9. The number of amides is 1. The Hall–Kier alpha value is -2.95. The van der Waals surface area contributed by atoms with Crippen LogP contribution in [0.5, 0.6) is 5.75 Å². The summed E-state index contributed by atoms with van der Waals surface area (Å²) < 4.78 is 37.5. The van der Waals surface area contributed by atoms with E-state index in [4.69, 9.17) is 9.47 Å². The minimum absolute atomic E-state index is 0.0172. The molecule has 2 heterocycles. The van der Waals surface area contributed by atoms with Crippen LogP contribution in [0.25, 0.3) is 0 Å². The van der Waals surface area contributed by atoms with Crippen LogP contribution in [0.1, 0.15) is 23.6 Å². The number of sulfonamides is 1. The maximum absolute atomic E-state index is 12.5. The summed E-state index contributed by atoms with van der Waals surface area (Å²) in [5, 5.41) is 3.01. The molecule has 0 spiro atoms. The van der Waals surface area contributed by atoms with E-state index in [-0.39, 0.29) is 35.6 Å². The molecular formula is C23H28N4O5S. The summed E-state index contributed by atoms with van der Waals surface area (Å²) in [7, 11) is -1.95. The molecule has 2 aromatic carbocycles. The second-order valence-corrected chi connectivity index (χ2v) is 9.47. The number of hydrogen-bond donors (Lipinski definition) is 2. The molecule has 2 aromatic rings. The van der Waals surface area contributed by atoms with Gasteiger partial charge in [-0.15, -0.1) is 0 Å². The number of fused-ring (bicyclic) bond motifs is 1. The number of nitrogens with one attached hydrogen (secondary N) is 2. The summed E-state index contributed by atoms with van der Waals surface area (Å²) in [6, 6.07) is 14.6. The second-order valence-electron chi connectivity index (χ2n) is 7.82. The molecule has 0 aliphatic carbocycles. The lowest BCUT2D eigenvalue weighted by atomic mass is 10.0. The first-order valence-corrected chi connectivity index (χ1v) is 12.4. The number of benzene rings is 2. The SMILES string of the molecule is COc1ccc([C@@H](CNC(=O)CCN=C2NS(=O)(=O)c3ccccc32)N2CCOCC2)cc1. The van der Waals surface area contributed by atoms with Crippen LogP contribution in [0.3, 0.4) is 0 Å². The first kappa shape index (κ1) is 23.2. The van der Waals surface area contributed by atoms with Gasteiger partial charge in [-0.05, 0) is 29.8 Å². The predicted octanol–water partition coefficient (Wildman–Crippen LogP) is 1.31. The van der Waals surface area contributed by atoms with Gasteiger partial charge in [-0.3, -0.25) is 19.4 Å². The Kier molecular flexibility index (Phi) is 7.26. The maximum Gasteiger partial charge on any atom is 0.263 e. The molecule has 1 amide bonds. The van der Waals surface area contributed by atoms with Crippen LogP contribution in [0.4, 0.5) is 0 Å². The number of morpholine rings is 1. The Morgan fingerprint density at radius 1 is 1.18 bits per heavy atom. The summed E-state index contributed by atoms with van der Waals surface area (Å²) in [5.41, 5.74) is 1.63. The first-order chi connectivity index (χ1) is 16.0. The summed E-state index contributed by atoms with van der Waals surface area (Å²) >= 11 is 0. The fourth-order valence-electron chi connectivity index (χ4n) is 3.99. The summed E-state index contributed by atoms with van der Waals surface area (Å²) in [5.74, 6) is 0.926. The van der Waals surface area contributed by atoms with Crippen molar-refractivity contribution < 1.29 is 22.7 Å². The Morgan fingerprint density at radius 3 is 2.64 bits per heavy atom. The van der Waals surface area contributed by atoms with Crippen LogP contribution in [0.15, 0.2) is 58.4 Å². The third kappa shape index (κ3) is 5.52. The Balaban J connectivity index is 1.36. The molecule has 0 aromatic heterocycles. The lowest BCUT2D eigenvalue weighted by Gasteiger charge is -2.35. The van der Waals surface area contributed by atoms with Gasteiger partial charge in [0.1, 0.15) is 11.6 Å². The zero-order chi connectivity index (χ0) is 23.3. The summed E-state index contributed by atoms with van der Waals surface area (Å²) in [6.07, 6.45) is 0.159. The average molecular weight is 473 g/mol. The standard InChI is InChI=1S/C23H28N4O5S/c1-31-18-8-6-17(7-9-18)20(27-12-14-32-15-13-27)16-25-22(28)10-11-24-23-19-4-2-3-5-21(19)33(29,30)26-23/h2-9,20H,10-16H2,1H3,(H,24,26)(H,25,28)/t20-/m1/s1. The third-order valence-electron chi connectivity index (χ3n) is 5.75.